The fourth-order valence-corrected chi connectivity index (χ4v) is 1.50. The number of aryl methyl sites for hydroxylation is 1. The third-order valence-corrected chi connectivity index (χ3v) is 2.45. The zero-order valence-corrected chi connectivity index (χ0v) is 13.4. The Morgan fingerprint density at radius 1 is 1.47 bits per heavy atom. The van der Waals surface area contributed by atoms with Crippen molar-refractivity contribution in [3.05, 3.63) is 35.1 Å². The molecule has 2 rings (SSSR count). The minimum absolute atomic E-state index is 0. The van der Waals surface area contributed by atoms with E-state index >= 15 is 0 Å². The van der Waals surface area contributed by atoms with Crippen LogP contribution in [0.3, 0.4) is 0 Å². The largest absolute Gasteiger partial charge is 2.00 e. The van der Waals surface area contributed by atoms with Crippen molar-refractivity contribution in [1.82, 2.24) is 19.8 Å². The van der Waals surface area contributed by atoms with Crippen LogP contribution in [0.2, 0.25) is 0 Å². The van der Waals surface area contributed by atoms with Gasteiger partial charge in [0.2, 0.25) is 0 Å². The molecule has 0 aromatic carbocycles. The molecule has 1 atom stereocenters. The number of rotatable bonds is 2. The number of allylic oxidation sites excluding steroid dienone is 4. The third kappa shape index (κ3) is 3.59. The molecule has 17 heavy (non-hydrogen) atoms. The molecule has 0 aliphatic heterocycles. The van der Waals surface area contributed by atoms with E-state index in [0.717, 1.165) is 12.1 Å². The zero-order valence-electron chi connectivity index (χ0n) is 9.88. The van der Waals surface area contributed by atoms with Gasteiger partial charge in [-0.1, -0.05) is 25.0 Å². The van der Waals surface area contributed by atoms with Crippen molar-refractivity contribution in [1.29, 1.82) is 0 Å². The smallest absolute Gasteiger partial charge is 1.00 e. The van der Waals surface area contributed by atoms with Gasteiger partial charge in [-0.2, -0.15) is 21.9 Å². The molecule has 1 aliphatic rings. The van der Waals surface area contributed by atoms with Crippen molar-refractivity contribution >= 4 is 28.7 Å². The van der Waals surface area contributed by atoms with E-state index < -0.39 is 0 Å². The molecule has 0 fully saturated rings. The first kappa shape index (κ1) is 16.7. The number of tetrazole rings is 1. The summed E-state index contributed by atoms with van der Waals surface area (Å²) in [6.45, 7) is 2.11. The Morgan fingerprint density at radius 2 is 2.18 bits per heavy atom. The van der Waals surface area contributed by atoms with Crippen LogP contribution in [0.15, 0.2) is 23.0 Å². The second-order valence-electron chi connectivity index (χ2n) is 3.51. The van der Waals surface area contributed by atoms with E-state index in [2.05, 4.69) is 23.4 Å². The van der Waals surface area contributed by atoms with Crippen LogP contribution < -0.4 is 29.7 Å². The predicted octanol–water partition coefficient (Wildman–Crippen LogP) is -2.76. The summed E-state index contributed by atoms with van der Waals surface area (Å²) in [6.07, 6.45) is 8.96. The summed E-state index contributed by atoms with van der Waals surface area (Å²) >= 11 is 0. The maximum Gasteiger partial charge on any atom is 2.00 e. The molecule has 1 aromatic rings. The molecular weight excluding hydrogens is 343 g/mol. The standard InChI is InChI=1S/C10H13N4O.HI.Mg/c1-3-8-5-4-6-9(7-8)14-10(15)13(2)11-12-14;;/h4-8H,3H2,1-2H3;1H;/q-1;;+2/p-1. The maximum atomic E-state index is 11.6. The quantitative estimate of drug-likeness (QED) is 0.328. The summed E-state index contributed by atoms with van der Waals surface area (Å²) in [6, 6.07) is 0. The maximum absolute atomic E-state index is 11.6. The van der Waals surface area contributed by atoms with Crippen LogP contribution in [0.1, 0.15) is 13.3 Å². The van der Waals surface area contributed by atoms with Gasteiger partial charge in [0.15, 0.2) is 0 Å². The molecule has 1 aromatic heterocycles. The van der Waals surface area contributed by atoms with Gasteiger partial charge in [-0.3, -0.25) is 0 Å². The summed E-state index contributed by atoms with van der Waals surface area (Å²) in [5, 5.41) is 7.47. The average molecular weight is 356 g/mol. The molecule has 0 N–H and O–H groups in total. The van der Waals surface area contributed by atoms with E-state index in [0.29, 0.717) is 5.92 Å². The van der Waals surface area contributed by atoms with E-state index in [1.54, 1.807) is 7.05 Å². The van der Waals surface area contributed by atoms with Crippen LogP contribution in [-0.2, 0) is 7.05 Å². The van der Waals surface area contributed by atoms with Crippen LogP contribution in [-0.4, -0.2) is 42.8 Å². The van der Waals surface area contributed by atoms with Gasteiger partial charge in [0.1, 0.15) is 0 Å². The van der Waals surface area contributed by atoms with E-state index in [-0.39, 0.29) is 52.7 Å². The summed E-state index contributed by atoms with van der Waals surface area (Å²) in [5.74, 6) is 0.374. The Morgan fingerprint density at radius 3 is 2.71 bits per heavy atom. The Bertz CT molecular complexity index is 477. The van der Waals surface area contributed by atoms with Gasteiger partial charge in [0.25, 0.3) is 0 Å². The minimum Gasteiger partial charge on any atom is -1.00 e. The Hall–Kier alpha value is -0.284. The van der Waals surface area contributed by atoms with Crippen molar-refractivity contribution in [3.8, 4) is 0 Å². The fourth-order valence-electron chi connectivity index (χ4n) is 1.50. The molecule has 0 spiro atoms. The number of halogens is 1. The van der Waals surface area contributed by atoms with Crippen molar-refractivity contribution in [3.63, 3.8) is 0 Å². The first-order chi connectivity index (χ1) is 7.22. The van der Waals surface area contributed by atoms with Crippen molar-refractivity contribution in [2.45, 2.75) is 13.3 Å². The molecule has 0 bridgehead atoms. The van der Waals surface area contributed by atoms with Crippen LogP contribution in [0.25, 0.3) is 5.70 Å². The SMILES string of the molecule is CCC1C=CC=C(n2nnn(C)c2=O)[CH-]1.[I-].[Mg+2]. The molecule has 1 unspecified atom stereocenters. The van der Waals surface area contributed by atoms with Crippen LogP contribution in [0.5, 0.6) is 0 Å². The number of nitrogens with zero attached hydrogens (tertiary/aromatic N) is 4. The number of hydrogen-bond donors (Lipinski definition) is 0. The molecule has 0 saturated heterocycles. The van der Waals surface area contributed by atoms with Gasteiger partial charge in [-0.25, -0.2) is 4.79 Å². The summed E-state index contributed by atoms with van der Waals surface area (Å²) in [4.78, 5) is 11.6. The Balaban J connectivity index is 0.00000128. The second-order valence-corrected chi connectivity index (χ2v) is 3.51. The summed E-state index contributed by atoms with van der Waals surface area (Å²) < 4.78 is 2.53. The van der Waals surface area contributed by atoms with Gasteiger partial charge in [-0.05, 0) is 10.4 Å². The van der Waals surface area contributed by atoms with E-state index in [1.165, 1.54) is 9.36 Å². The van der Waals surface area contributed by atoms with E-state index in [9.17, 15) is 4.79 Å². The van der Waals surface area contributed by atoms with Crippen LogP contribution in [0.4, 0.5) is 0 Å². The van der Waals surface area contributed by atoms with Gasteiger partial charge < -0.3 is 24.0 Å². The van der Waals surface area contributed by atoms with Gasteiger partial charge in [0, 0.05) is 7.05 Å². The normalized spacial score (nSPS) is 17.5. The summed E-state index contributed by atoms with van der Waals surface area (Å²) in [5.41, 5.74) is 0.574. The second kappa shape index (κ2) is 7.22. The molecule has 5 nitrogen and oxygen atoms in total. The van der Waals surface area contributed by atoms with Crippen molar-refractivity contribution in [2.24, 2.45) is 13.0 Å². The monoisotopic (exact) mass is 356 g/mol. The molecular formula is C10H13IMgN4O. The first-order valence-electron chi connectivity index (χ1n) is 4.95. The molecule has 1 aliphatic carbocycles. The molecule has 0 amide bonds. The Labute approximate surface area is 133 Å². The van der Waals surface area contributed by atoms with E-state index in [4.69, 9.17) is 0 Å². The van der Waals surface area contributed by atoms with Gasteiger partial charge in [-0.15, -0.1) is 12.2 Å². The fraction of sp³-hybridized carbons (Fsp3) is 0.400. The molecule has 1 heterocycles. The van der Waals surface area contributed by atoms with E-state index in [1.807, 2.05) is 18.6 Å². The topological polar surface area (TPSA) is 52.7 Å². The molecule has 7 heteroatoms. The Kier molecular flexibility index (Phi) is 7.10. The van der Waals surface area contributed by atoms with Crippen LogP contribution in [0, 0.1) is 12.3 Å². The molecule has 0 saturated carbocycles. The summed E-state index contributed by atoms with van der Waals surface area (Å²) in [7, 11) is 1.59. The zero-order chi connectivity index (χ0) is 10.8. The van der Waals surface area contributed by atoms with Gasteiger partial charge >= 0.3 is 28.7 Å². The van der Waals surface area contributed by atoms with Gasteiger partial charge in [0.05, 0.1) is 0 Å². The van der Waals surface area contributed by atoms with Crippen molar-refractivity contribution < 1.29 is 24.0 Å². The minimum atomic E-state index is -0.220. The van der Waals surface area contributed by atoms with Crippen molar-refractivity contribution in [2.75, 3.05) is 0 Å². The molecule has 88 valence electrons. The average Bonchev–Trinajstić information content (AvgIpc) is 2.60. The number of aromatic nitrogens is 4. The predicted molar refractivity (Wildman–Crippen MR) is 62.5 cm³/mol. The van der Waals surface area contributed by atoms with Crippen LogP contribution >= 0.6 is 0 Å². The first-order valence-corrected chi connectivity index (χ1v) is 4.95. The number of hydrogen-bond acceptors (Lipinski definition) is 3. The molecule has 0 radical (unpaired) electrons. The third-order valence-electron chi connectivity index (χ3n) is 2.45.